The summed E-state index contributed by atoms with van der Waals surface area (Å²) >= 11 is 3.31. The summed E-state index contributed by atoms with van der Waals surface area (Å²) in [6.07, 6.45) is -0.993. The number of benzene rings is 2. The quantitative estimate of drug-likeness (QED) is 0.817. The monoisotopic (exact) mass is 378 g/mol. The lowest BCUT2D eigenvalue weighted by Crippen LogP contribution is -2.34. The second-order valence-corrected chi connectivity index (χ2v) is 6.00. The number of rotatable bonds is 2. The van der Waals surface area contributed by atoms with Crippen molar-refractivity contribution in [2.75, 3.05) is 6.54 Å². The van der Waals surface area contributed by atoms with Crippen LogP contribution in [-0.2, 0) is 4.79 Å². The highest BCUT2D eigenvalue weighted by Crippen LogP contribution is 2.32. The highest BCUT2D eigenvalue weighted by atomic mass is 79.9. The average Bonchev–Trinajstić information content (AvgIpc) is 2.83. The highest BCUT2D eigenvalue weighted by molar-refractivity contribution is 9.10. The first-order valence-electron chi connectivity index (χ1n) is 6.81. The van der Waals surface area contributed by atoms with Crippen molar-refractivity contribution >= 4 is 27.7 Å². The molecule has 1 atom stereocenters. The van der Waals surface area contributed by atoms with Crippen LogP contribution in [0, 0.1) is 5.82 Å². The normalized spacial score (nSPS) is 17.7. The number of hydrogen-bond donors (Lipinski definition) is 1. The van der Waals surface area contributed by atoms with Crippen molar-refractivity contribution in [3.63, 3.8) is 0 Å². The Morgan fingerprint density at radius 3 is 2.65 bits per heavy atom. The first-order valence-corrected chi connectivity index (χ1v) is 7.60. The van der Waals surface area contributed by atoms with Crippen molar-refractivity contribution in [2.45, 2.75) is 6.17 Å². The van der Waals surface area contributed by atoms with Gasteiger partial charge in [0.05, 0.1) is 5.56 Å². The topological polar surface area (TPSA) is 60.9 Å². The minimum atomic E-state index is -0.993. The molecule has 2 amide bonds. The fourth-order valence-electron chi connectivity index (χ4n) is 2.53. The van der Waals surface area contributed by atoms with Gasteiger partial charge >= 0.3 is 0 Å². The SMILES string of the molecule is O=C1CN(C(=O)c2ccccc2F)C(c2cccc(Br)c2)N1O. The lowest BCUT2D eigenvalue weighted by Gasteiger charge is -2.26. The molecule has 0 bridgehead atoms. The predicted molar refractivity (Wildman–Crippen MR) is 83.0 cm³/mol. The lowest BCUT2D eigenvalue weighted by molar-refractivity contribution is -0.168. The number of hydrogen-bond acceptors (Lipinski definition) is 3. The smallest absolute Gasteiger partial charge is 0.267 e. The van der Waals surface area contributed by atoms with Crippen molar-refractivity contribution < 1.29 is 19.2 Å². The molecule has 1 heterocycles. The number of amides is 2. The third kappa shape index (κ3) is 2.85. The Morgan fingerprint density at radius 1 is 1.22 bits per heavy atom. The molecule has 118 valence electrons. The summed E-state index contributed by atoms with van der Waals surface area (Å²) in [5, 5.41) is 10.5. The maximum atomic E-state index is 13.9. The molecule has 7 heteroatoms. The van der Waals surface area contributed by atoms with Crippen LogP contribution in [0.3, 0.4) is 0 Å². The summed E-state index contributed by atoms with van der Waals surface area (Å²) in [6.45, 7) is -0.319. The Labute approximate surface area is 140 Å². The molecule has 0 radical (unpaired) electrons. The summed E-state index contributed by atoms with van der Waals surface area (Å²) in [4.78, 5) is 25.6. The molecule has 5 nitrogen and oxygen atoms in total. The van der Waals surface area contributed by atoms with E-state index in [1.165, 1.54) is 18.2 Å². The predicted octanol–water partition coefficient (Wildman–Crippen LogP) is 2.96. The molecular weight excluding hydrogens is 367 g/mol. The average molecular weight is 379 g/mol. The molecule has 1 fully saturated rings. The highest BCUT2D eigenvalue weighted by Gasteiger charge is 2.42. The zero-order chi connectivity index (χ0) is 16.6. The van der Waals surface area contributed by atoms with E-state index in [9.17, 15) is 19.2 Å². The van der Waals surface area contributed by atoms with E-state index in [2.05, 4.69) is 15.9 Å². The zero-order valence-electron chi connectivity index (χ0n) is 11.8. The number of hydroxylamine groups is 2. The van der Waals surface area contributed by atoms with Crippen LogP contribution in [0.5, 0.6) is 0 Å². The summed E-state index contributed by atoms with van der Waals surface area (Å²) in [5.41, 5.74) is 0.396. The Morgan fingerprint density at radius 2 is 1.96 bits per heavy atom. The van der Waals surface area contributed by atoms with Crippen LogP contribution in [0.1, 0.15) is 22.1 Å². The number of carbonyl (C=O) groups excluding carboxylic acids is 2. The lowest BCUT2D eigenvalue weighted by atomic mass is 10.1. The van der Waals surface area contributed by atoms with Crippen LogP contribution < -0.4 is 0 Å². The Bertz CT molecular complexity index is 783. The minimum Gasteiger partial charge on any atom is -0.302 e. The number of nitrogens with zero attached hydrogens (tertiary/aromatic N) is 2. The van der Waals surface area contributed by atoms with Crippen LogP contribution in [0.25, 0.3) is 0 Å². The molecule has 1 N–H and O–H groups in total. The van der Waals surface area contributed by atoms with Crippen molar-refractivity contribution in [3.05, 3.63) is 69.9 Å². The van der Waals surface area contributed by atoms with Crippen molar-refractivity contribution in [1.29, 1.82) is 0 Å². The third-order valence-corrected chi connectivity index (χ3v) is 4.09. The summed E-state index contributed by atoms with van der Waals surface area (Å²) in [5.74, 6) is -1.95. The first kappa shape index (κ1) is 15.6. The molecule has 23 heavy (non-hydrogen) atoms. The van der Waals surface area contributed by atoms with Gasteiger partial charge < -0.3 is 4.90 Å². The van der Waals surface area contributed by atoms with E-state index in [1.54, 1.807) is 30.3 Å². The van der Waals surface area contributed by atoms with Gasteiger partial charge in [-0.2, -0.15) is 5.06 Å². The fourth-order valence-corrected chi connectivity index (χ4v) is 2.95. The van der Waals surface area contributed by atoms with Crippen LogP contribution in [0.15, 0.2) is 53.0 Å². The van der Waals surface area contributed by atoms with Gasteiger partial charge in [-0.05, 0) is 29.8 Å². The second kappa shape index (κ2) is 6.10. The molecule has 1 unspecified atom stereocenters. The zero-order valence-corrected chi connectivity index (χ0v) is 13.4. The number of halogens is 2. The van der Waals surface area contributed by atoms with E-state index in [0.717, 1.165) is 9.37 Å². The Kier molecular flexibility index (Phi) is 4.14. The summed E-state index contributed by atoms with van der Waals surface area (Å²) in [6, 6.07) is 12.4. The molecule has 0 spiro atoms. The minimum absolute atomic E-state index is 0.143. The van der Waals surface area contributed by atoms with Gasteiger partial charge in [0.2, 0.25) is 0 Å². The first-order chi connectivity index (χ1) is 11.0. The largest absolute Gasteiger partial charge is 0.302 e. The van der Waals surface area contributed by atoms with Gasteiger partial charge in [-0.3, -0.25) is 14.8 Å². The molecule has 1 saturated heterocycles. The van der Waals surface area contributed by atoms with Crippen molar-refractivity contribution in [2.24, 2.45) is 0 Å². The Balaban J connectivity index is 2.01. The van der Waals surface area contributed by atoms with Gasteiger partial charge in [0.25, 0.3) is 11.8 Å². The summed E-state index contributed by atoms with van der Waals surface area (Å²) < 4.78 is 14.6. The molecule has 3 rings (SSSR count). The number of carbonyl (C=O) groups is 2. The van der Waals surface area contributed by atoms with Gasteiger partial charge in [0.15, 0.2) is 6.17 Å². The summed E-state index contributed by atoms with van der Waals surface area (Å²) in [7, 11) is 0. The fraction of sp³-hybridized carbons (Fsp3) is 0.125. The molecule has 1 aliphatic rings. The standard InChI is InChI=1S/C16H12BrFN2O3/c17-11-5-3-4-10(8-11)15-19(9-14(21)20(15)23)16(22)12-6-1-2-7-13(12)18/h1-8,15,23H,9H2. The van der Waals surface area contributed by atoms with E-state index in [0.29, 0.717) is 10.6 Å². The van der Waals surface area contributed by atoms with Crippen LogP contribution in [0.2, 0.25) is 0 Å². The van der Waals surface area contributed by atoms with Gasteiger partial charge in [-0.1, -0.05) is 40.2 Å². The third-order valence-electron chi connectivity index (χ3n) is 3.60. The van der Waals surface area contributed by atoms with E-state index in [1.807, 2.05) is 0 Å². The molecule has 1 aliphatic heterocycles. The van der Waals surface area contributed by atoms with Crippen molar-refractivity contribution in [1.82, 2.24) is 9.96 Å². The van der Waals surface area contributed by atoms with E-state index in [-0.39, 0.29) is 12.1 Å². The van der Waals surface area contributed by atoms with Gasteiger partial charge in [0.1, 0.15) is 12.4 Å². The van der Waals surface area contributed by atoms with Crippen molar-refractivity contribution in [3.8, 4) is 0 Å². The van der Waals surface area contributed by atoms with Gasteiger partial charge in [0, 0.05) is 4.47 Å². The maximum absolute atomic E-state index is 13.9. The van der Waals surface area contributed by atoms with Gasteiger partial charge in [-0.15, -0.1) is 0 Å². The van der Waals surface area contributed by atoms with E-state index < -0.39 is 23.8 Å². The van der Waals surface area contributed by atoms with Crippen LogP contribution >= 0.6 is 15.9 Å². The second-order valence-electron chi connectivity index (χ2n) is 5.08. The molecule has 0 saturated carbocycles. The molecule has 2 aromatic carbocycles. The molecule has 2 aromatic rings. The van der Waals surface area contributed by atoms with Crippen LogP contribution in [-0.4, -0.2) is 33.5 Å². The van der Waals surface area contributed by atoms with E-state index in [4.69, 9.17) is 0 Å². The molecule has 0 aromatic heterocycles. The van der Waals surface area contributed by atoms with Gasteiger partial charge in [-0.25, -0.2) is 4.39 Å². The van der Waals surface area contributed by atoms with E-state index >= 15 is 0 Å². The Hall–Kier alpha value is -2.25. The maximum Gasteiger partial charge on any atom is 0.267 e. The van der Waals surface area contributed by atoms with Crippen LogP contribution in [0.4, 0.5) is 4.39 Å². The molecule has 0 aliphatic carbocycles. The molecular formula is C16H12BrFN2O3.